The van der Waals surface area contributed by atoms with E-state index in [1.54, 1.807) is 12.1 Å². The minimum absolute atomic E-state index is 0.201. The van der Waals surface area contributed by atoms with Crippen molar-refractivity contribution in [3.05, 3.63) is 28.8 Å². The van der Waals surface area contributed by atoms with Gasteiger partial charge in [0.15, 0.2) is 0 Å². The van der Waals surface area contributed by atoms with Crippen LogP contribution in [0.15, 0.2) is 23.1 Å². The van der Waals surface area contributed by atoms with E-state index in [0.29, 0.717) is 18.2 Å². The smallest absolute Gasteiger partial charge is 0.242 e. The molecule has 0 bridgehead atoms. The van der Waals surface area contributed by atoms with E-state index < -0.39 is 10.0 Å². The van der Waals surface area contributed by atoms with Crippen LogP contribution in [0.4, 0.5) is 0 Å². The van der Waals surface area contributed by atoms with Gasteiger partial charge in [-0.15, -0.1) is 0 Å². The van der Waals surface area contributed by atoms with Crippen LogP contribution in [-0.4, -0.2) is 40.0 Å². The molecule has 0 atom stereocenters. The molecule has 0 unspecified atom stereocenters. The van der Waals surface area contributed by atoms with Gasteiger partial charge in [-0.1, -0.05) is 17.7 Å². The largest absolute Gasteiger partial charge is 0.383 e. The van der Waals surface area contributed by atoms with Crippen molar-refractivity contribution in [3.8, 4) is 0 Å². The monoisotopic (exact) mass is 277 g/mol. The first-order valence-corrected chi connectivity index (χ1v) is 6.93. The van der Waals surface area contributed by atoms with Crippen molar-refractivity contribution in [3.63, 3.8) is 0 Å². The maximum atomic E-state index is 12.1. The number of ether oxygens (including phenoxy) is 1. The summed E-state index contributed by atoms with van der Waals surface area (Å²) in [4.78, 5) is 0.201. The van der Waals surface area contributed by atoms with Crippen molar-refractivity contribution in [1.29, 1.82) is 0 Å². The van der Waals surface area contributed by atoms with Crippen LogP contribution in [-0.2, 0) is 14.8 Å². The second-order valence-corrected chi connectivity index (χ2v) is 6.18. The number of benzene rings is 1. The van der Waals surface area contributed by atoms with Crippen LogP contribution in [0, 0.1) is 6.92 Å². The second kappa shape index (κ2) is 5.82. The first-order chi connectivity index (χ1) is 7.89. The fourth-order valence-electron chi connectivity index (χ4n) is 1.25. The van der Waals surface area contributed by atoms with E-state index in [-0.39, 0.29) is 4.90 Å². The van der Waals surface area contributed by atoms with Gasteiger partial charge < -0.3 is 4.74 Å². The number of aryl methyl sites for hydroxylation is 1. The molecule has 0 heterocycles. The lowest BCUT2D eigenvalue weighted by Gasteiger charge is -2.17. The molecule has 1 aromatic carbocycles. The van der Waals surface area contributed by atoms with Crippen molar-refractivity contribution in [2.45, 2.75) is 11.8 Å². The third-order valence-electron chi connectivity index (χ3n) is 2.46. The topological polar surface area (TPSA) is 46.6 Å². The average Bonchev–Trinajstić information content (AvgIpc) is 2.29. The van der Waals surface area contributed by atoms with Crippen molar-refractivity contribution >= 4 is 21.6 Å². The average molecular weight is 278 g/mol. The number of hydrogen-bond donors (Lipinski definition) is 0. The van der Waals surface area contributed by atoms with E-state index in [1.807, 2.05) is 6.92 Å². The molecule has 0 aromatic heterocycles. The molecule has 0 radical (unpaired) electrons. The Kier molecular flexibility index (Phi) is 4.94. The number of halogens is 1. The number of sulfonamides is 1. The van der Waals surface area contributed by atoms with E-state index in [2.05, 4.69) is 0 Å². The van der Waals surface area contributed by atoms with Crippen LogP contribution in [0.2, 0.25) is 5.02 Å². The maximum Gasteiger partial charge on any atom is 0.242 e. The van der Waals surface area contributed by atoms with Crippen LogP contribution < -0.4 is 0 Å². The Morgan fingerprint density at radius 1 is 1.41 bits per heavy atom. The first-order valence-electron chi connectivity index (χ1n) is 5.11. The van der Waals surface area contributed by atoms with Gasteiger partial charge in [-0.25, -0.2) is 8.42 Å². The second-order valence-electron chi connectivity index (χ2n) is 3.73. The van der Waals surface area contributed by atoms with Gasteiger partial charge in [0.1, 0.15) is 0 Å². The Hall–Kier alpha value is -0.620. The lowest BCUT2D eigenvalue weighted by molar-refractivity contribution is 0.185. The third kappa shape index (κ3) is 3.42. The fraction of sp³-hybridized carbons (Fsp3) is 0.455. The molecule has 0 N–H and O–H groups in total. The van der Waals surface area contributed by atoms with Crippen LogP contribution in [0.5, 0.6) is 0 Å². The van der Waals surface area contributed by atoms with Gasteiger partial charge in [0.2, 0.25) is 10.0 Å². The van der Waals surface area contributed by atoms with Crippen LogP contribution in [0.1, 0.15) is 5.56 Å². The van der Waals surface area contributed by atoms with Crippen LogP contribution >= 0.6 is 11.6 Å². The van der Waals surface area contributed by atoms with Gasteiger partial charge in [-0.05, 0) is 24.6 Å². The lowest BCUT2D eigenvalue weighted by Crippen LogP contribution is -2.30. The normalized spacial score (nSPS) is 12.1. The highest BCUT2D eigenvalue weighted by molar-refractivity contribution is 7.89. The summed E-state index contributed by atoms with van der Waals surface area (Å²) >= 11 is 5.92. The number of rotatable bonds is 5. The molecule has 0 aliphatic rings. The summed E-state index contributed by atoms with van der Waals surface area (Å²) in [6.07, 6.45) is 0. The molecule has 1 rings (SSSR count). The summed E-state index contributed by atoms with van der Waals surface area (Å²) < 4.78 is 30.3. The summed E-state index contributed by atoms with van der Waals surface area (Å²) in [6.45, 7) is 2.49. The molecule has 6 heteroatoms. The summed E-state index contributed by atoms with van der Waals surface area (Å²) in [5.74, 6) is 0. The minimum atomic E-state index is -3.48. The molecule has 0 fully saturated rings. The van der Waals surface area contributed by atoms with Crippen LogP contribution in [0.25, 0.3) is 0 Å². The summed E-state index contributed by atoms with van der Waals surface area (Å²) in [7, 11) is -0.435. The molecule has 0 aliphatic carbocycles. The quantitative estimate of drug-likeness (QED) is 0.826. The van der Waals surface area contributed by atoms with Crippen molar-refractivity contribution in [2.75, 3.05) is 27.3 Å². The standard InChI is InChI=1S/C11H16ClNO3S/c1-9-4-5-10(8-11(9)12)17(14,15)13(2)6-7-16-3/h4-5,8H,6-7H2,1-3H3. The van der Waals surface area contributed by atoms with Gasteiger partial charge in [0, 0.05) is 25.7 Å². The highest BCUT2D eigenvalue weighted by Gasteiger charge is 2.20. The summed E-state index contributed by atoms with van der Waals surface area (Å²) in [5.41, 5.74) is 0.852. The van der Waals surface area contributed by atoms with Crippen molar-refractivity contribution in [1.82, 2.24) is 4.31 Å². The van der Waals surface area contributed by atoms with Gasteiger partial charge in [0.05, 0.1) is 11.5 Å². The Balaban J connectivity index is 3.00. The van der Waals surface area contributed by atoms with E-state index in [1.165, 1.54) is 24.5 Å². The summed E-state index contributed by atoms with van der Waals surface area (Å²) in [5, 5.41) is 0.450. The highest BCUT2D eigenvalue weighted by Crippen LogP contribution is 2.21. The SMILES string of the molecule is COCCN(C)S(=O)(=O)c1ccc(C)c(Cl)c1. The molecule has 0 spiro atoms. The van der Waals surface area contributed by atoms with Gasteiger partial charge >= 0.3 is 0 Å². The van der Waals surface area contributed by atoms with Gasteiger partial charge in [0.25, 0.3) is 0 Å². The Bertz CT molecular complexity index is 487. The zero-order chi connectivity index (χ0) is 13.1. The lowest BCUT2D eigenvalue weighted by atomic mass is 10.2. The Morgan fingerprint density at radius 3 is 2.59 bits per heavy atom. The molecule has 1 aromatic rings. The van der Waals surface area contributed by atoms with Crippen LogP contribution in [0.3, 0.4) is 0 Å². The number of likely N-dealkylation sites (N-methyl/N-ethyl adjacent to an activating group) is 1. The Labute approximate surface area is 107 Å². The molecule has 17 heavy (non-hydrogen) atoms. The molecular weight excluding hydrogens is 262 g/mol. The van der Waals surface area contributed by atoms with Crippen molar-refractivity contribution < 1.29 is 13.2 Å². The molecule has 4 nitrogen and oxygen atoms in total. The Morgan fingerprint density at radius 2 is 2.06 bits per heavy atom. The molecular formula is C11H16ClNO3S. The zero-order valence-corrected chi connectivity index (χ0v) is 11.7. The summed E-state index contributed by atoms with van der Waals surface area (Å²) in [6, 6.07) is 4.72. The third-order valence-corrected chi connectivity index (χ3v) is 4.72. The molecule has 0 saturated carbocycles. The number of hydrogen-bond acceptors (Lipinski definition) is 3. The van der Waals surface area contributed by atoms with Crippen molar-refractivity contribution in [2.24, 2.45) is 0 Å². The highest BCUT2D eigenvalue weighted by atomic mass is 35.5. The van der Waals surface area contributed by atoms with E-state index in [4.69, 9.17) is 16.3 Å². The van der Waals surface area contributed by atoms with E-state index in [9.17, 15) is 8.42 Å². The van der Waals surface area contributed by atoms with E-state index >= 15 is 0 Å². The fourth-order valence-corrected chi connectivity index (χ4v) is 2.68. The molecule has 0 saturated heterocycles. The van der Waals surface area contributed by atoms with Gasteiger partial charge in [-0.3, -0.25) is 0 Å². The molecule has 0 aliphatic heterocycles. The number of nitrogens with zero attached hydrogens (tertiary/aromatic N) is 1. The number of methoxy groups -OCH3 is 1. The molecule has 0 amide bonds. The van der Waals surface area contributed by atoms with Gasteiger partial charge in [-0.2, -0.15) is 4.31 Å². The predicted molar refractivity (Wildman–Crippen MR) is 67.9 cm³/mol. The maximum absolute atomic E-state index is 12.1. The predicted octanol–water partition coefficient (Wildman–Crippen LogP) is 1.92. The van der Waals surface area contributed by atoms with E-state index in [0.717, 1.165) is 5.56 Å². The minimum Gasteiger partial charge on any atom is -0.383 e. The first kappa shape index (κ1) is 14.4. The molecule has 96 valence electrons. The zero-order valence-electron chi connectivity index (χ0n) is 10.1.